The molecule has 66 valence electrons. The number of aliphatic hydroxyl groups is 2. The molecule has 1 aromatic rings. The molecule has 0 amide bonds. The van der Waals surface area contributed by atoms with E-state index < -0.39 is 6.29 Å². The molecule has 5 heteroatoms. The van der Waals surface area contributed by atoms with Gasteiger partial charge in [-0.3, -0.25) is 0 Å². The molecule has 3 nitrogen and oxygen atoms in total. The maximum absolute atomic E-state index is 8.58. The summed E-state index contributed by atoms with van der Waals surface area (Å²) < 4.78 is 0. The van der Waals surface area contributed by atoms with Gasteiger partial charge in [0.25, 0.3) is 0 Å². The van der Waals surface area contributed by atoms with Crippen molar-refractivity contribution in [2.24, 2.45) is 0 Å². The minimum absolute atomic E-state index is 0.200. The number of pyridine rings is 1. The maximum atomic E-state index is 8.58. The highest BCUT2D eigenvalue weighted by Gasteiger charge is 2.03. The van der Waals surface area contributed by atoms with Crippen molar-refractivity contribution in [2.45, 2.75) is 11.2 Å². The summed E-state index contributed by atoms with van der Waals surface area (Å²) in [5, 5.41) is 17.5. The van der Waals surface area contributed by atoms with Crippen LogP contribution in [0.2, 0.25) is 5.15 Å². The molecule has 0 radical (unpaired) electrons. The van der Waals surface area contributed by atoms with Gasteiger partial charge in [-0.2, -0.15) is 0 Å². The quantitative estimate of drug-likeness (QED) is 0.442. The summed E-state index contributed by atoms with van der Waals surface area (Å²) in [5.41, 5.74) is 0. The topological polar surface area (TPSA) is 53.4 Å². The van der Waals surface area contributed by atoms with Crippen LogP contribution in [0.15, 0.2) is 23.2 Å². The molecule has 0 saturated heterocycles. The van der Waals surface area contributed by atoms with E-state index in [-0.39, 0.29) is 5.75 Å². The summed E-state index contributed by atoms with van der Waals surface area (Å²) in [5.74, 6) is 0.200. The van der Waals surface area contributed by atoms with E-state index >= 15 is 0 Å². The molecular weight excluding hydrogens is 198 g/mol. The largest absolute Gasteiger partial charge is 0.367 e. The molecule has 0 fully saturated rings. The second-order valence-corrected chi connectivity index (χ2v) is 3.50. The first kappa shape index (κ1) is 9.80. The number of hydrogen-bond acceptors (Lipinski definition) is 4. The van der Waals surface area contributed by atoms with Crippen LogP contribution in [0.4, 0.5) is 0 Å². The standard InChI is InChI=1S/C7H8ClNO2S/c8-7-5(2-1-3-9-7)12-4-6(10)11/h1-3,6,10-11H,4H2. The fourth-order valence-corrected chi connectivity index (χ4v) is 1.60. The second kappa shape index (κ2) is 4.67. The van der Waals surface area contributed by atoms with Crippen LogP contribution in [-0.4, -0.2) is 27.2 Å². The van der Waals surface area contributed by atoms with Gasteiger partial charge >= 0.3 is 0 Å². The summed E-state index contributed by atoms with van der Waals surface area (Å²) in [6.07, 6.45) is 0.271. The van der Waals surface area contributed by atoms with E-state index in [4.69, 9.17) is 21.8 Å². The summed E-state index contributed by atoms with van der Waals surface area (Å²) in [6.45, 7) is 0. The SMILES string of the molecule is OC(O)CSc1cccnc1Cl. The lowest BCUT2D eigenvalue weighted by molar-refractivity contribution is -0.0186. The van der Waals surface area contributed by atoms with Crippen LogP contribution in [0, 0.1) is 0 Å². The van der Waals surface area contributed by atoms with Gasteiger partial charge in [0.1, 0.15) is 5.15 Å². The number of hydrogen-bond donors (Lipinski definition) is 2. The van der Waals surface area contributed by atoms with Crippen LogP contribution < -0.4 is 0 Å². The van der Waals surface area contributed by atoms with E-state index in [1.54, 1.807) is 18.3 Å². The highest BCUT2D eigenvalue weighted by molar-refractivity contribution is 7.99. The van der Waals surface area contributed by atoms with E-state index in [1.165, 1.54) is 11.8 Å². The van der Waals surface area contributed by atoms with Gasteiger partial charge in [0.05, 0.1) is 0 Å². The molecule has 0 spiro atoms. The fraction of sp³-hybridized carbons (Fsp3) is 0.286. The van der Waals surface area contributed by atoms with Crippen LogP contribution >= 0.6 is 23.4 Å². The zero-order valence-corrected chi connectivity index (χ0v) is 7.72. The molecule has 1 aromatic heterocycles. The average Bonchev–Trinajstić information content (AvgIpc) is 2.03. The third-order valence-corrected chi connectivity index (χ3v) is 2.63. The van der Waals surface area contributed by atoms with Gasteiger partial charge in [-0.25, -0.2) is 4.98 Å². The van der Waals surface area contributed by atoms with Gasteiger partial charge in [0, 0.05) is 16.8 Å². The fourth-order valence-electron chi connectivity index (χ4n) is 0.643. The number of nitrogens with zero attached hydrogens (tertiary/aromatic N) is 1. The van der Waals surface area contributed by atoms with Gasteiger partial charge in [-0.1, -0.05) is 11.6 Å². The highest BCUT2D eigenvalue weighted by atomic mass is 35.5. The van der Waals surface area contributed by atoms with Crippen molar-refractivity contribution < 1.29 is 10.2 Å². The van der Waals surface area contributed by atoms with E-state index in [2.05, 4.69) is 4.98 Å². The zero-order chi connectivity index (χ0) is 8.97. The van der Waals surface area contributed by atoms with E-state index in [9.17, 15) is 0 Å². The van der Waals surface area contributed by atoms with Crippen LogP contribution in [-0.2, 0) is 0 Å². The number of aliphatic hydroxyl groups excluding tert-OH is 1. The summed E-state index contributed by atoms with van der Waals surface area (Å²) in [6, 6.07) is 3.53. The minimum atomic E-state index is -1.31. The Morgan fingerprint density at radius 2 is 2.33 bits per heavy atom. The molecule has 0 aliphatic rings. The Morgan fingerprint density at radius 1 is 1.58 bits per heavy atom. The molecule has 0 unspecified atom stereocenters. The minimum Gasteiger partial charge on any atom is -0.367 e. The average molecular weight is 206 g/mol. The van der Waals surface area contributed by atoms with Crippen LogP contribution in [0.1, 0.15) is 0 Å². The number of halogens is 1. The summed E-state index contributed by atoms with van der Waals surface area (Å²) >= 11 is 6.97. The maximum Gasteiger partial charge on any atom is 0.160 e. The predicted molar refractivity (Wildman–Crippen MR) is 48.2 cm³/mol. The first-order valence-corrected chi connectivity index (χ1v) is 4.66. The van der Waals surface area contributed by atoms with Gasteiger partial charge in [0.2, 0.25) is 0 Å². The van der Waals surface area contributed by atoms with Gasteiger partial charge in [-0.15, -0.1) is 11.8 Å². The van der Waals surface area contributed by atoms with Crippen LogP contribution in [0.25, 0.3) is 0 Å². The second-order valence-electron chi connectivity index (χ2n) is 2.08. The molecule has 1 heterocycles. The molecule has 1 rings (SSSR count). The van der Waals surface area contributed by atoms with Crippen molar-refractivity contribution in [3.63, 3.8) is 0 Å². The van der Waals surface area contributed by atoms with Crippen molar-refractivity contribution in [3.05, 3.63) is 23.5 Å². The molecule has 0 bridgehead atoms. The van der Waals surface area contributed by atoms with E-state index in [1.807, 2.05) is 0 Å². The first-order chi connectivity index (χ1) is 5.70. The van der Waals surface area contributed by atoms with Crippen molar-refractivity contribution in [3.8, 4) is 0 Å². The van der Waals surface area contributed by atoms with Gasteiger partial charge < -0.3 is 10.2 Å². The number of rotatable bonds is 3. The lowest BCUT2D eigenvalue weighted by atomic mass is 10.5. The third kappa shape index (κ3) is 2.98. The van der Waals surface area contributed by atoms with E-state index in [0.717, 1.165) is 4.90 Å². The Hall–Kier alpha value is -0.290. The lowest BCUT2D eigenvalue weighted by Crippen LogP contribution is -2.06. The Morgan fingerprint density at radius 3 is 2.92 bits per heavy atom. The molecule has 0 aliphatic carbocycles. The van der Waals surface area contributed by atoms with Crippen molar-refractivity contribution >= 4 is 23.4 Å². The molecule has 0 aliphatic heterocycles. The lowest BCUT2D eigenvalue weighted by Gasteiger charge is -2.03. The van der Waals surface area contributed by atoms with Gasteiger partial charge in [0.15, 0.2) is 6.29 Å². The van der Waals surface area contributed by atoms with E-state index in [0.29, 0.717) is 5.15 Å². The molecule has 12 heavy (non-hydrogen) atoms. The third-order valence-electron chi connectivity index (χ3n) is 1.11. The zero-order valence-electron chi connectivity index (χ0n) is 6.14. The molecule has 0 saturated carbocycles. The number of thioether (sulfide) groups is 1. The molecule has 2 N–H and O–H groups in total. The van der Waals surface area contributed by atoms with Crippen molar-refractivity contribution in [1.29, 1.82) is 0 Å². The summed E-state index contributed by atoms with van der Waals surface area (Å²) in [7, 11) is 0. The Balaban J connectivity index is 2.57. The van der Waals surface area contributed by atoms with Crippen LogP contribution in [0.3, 0.4) is 0 Å². The first-order valence-electron chi connectivity index (χ1n) is 3.29. The molecule has 0 atom stereocenters. The monoisotopic (exact) mass is 205 g/mol. The molecule has 0 aromatic carbocycles. The van der Waals surface area contributed by atoms with Crippen molar-refractivity contribution in [2.75, 3.05) is 5.75 Å². The predicted octanol–water partition coefficient (Wildman–Crippen LogP) is 1.14. The van der Waals surface area contributed by atoms with Crippen LogP contribution in [0.5, 0.6) is 0 Å². The summed E-state index contributed by atoms with van der Waals surface area (Å²) in [4.78, 5) is 4.60. The normalized spacial score (nSPS) is 10.7. The van der Waals surface area contributed by atoms with Gasteiger partial charge in [-0.05, 0) is 12.1 Å². The Kier molecular flexibility index (Phi) is 3.81. The highest BCUT2D eigenvalue weighted by Crippen LogP contribution is 2.24. The Labute approximate surface area is 79.4 Å². The van der Waals surface area contributed by atoms with Crippen molar-refractivity contribution in [1.82, 2.24) is 4.98 Å². The number of aromatic nitrogens is 1. The smallest absolute Gasteiger partial charge is 0.160 e. The molecular formula is C7H8ClNO2S. The Bertz CT molecular complexity index is 257.